The maximum absolute atomic E-state index is 2.58. The van der Waals surface area contributed by atoms with E-state index in [0.717, 1.165) is 0 Å². The van der Waals surface area contributed by atoms with Gasteiger partial charge < -0.3 is 18.3 Å². The Morgan fingerprint density at radius 1 is 0.196 bits per heavy atom. The highest BCUT2D eigenvalue weighted by Gasteiger charge is 2.36. The molecule has 0 amide bonds. The molecular weight excluding hydrogens is 1170 g/mol. The van der Waals surface area contributed by atoms with Gasteiger partial charge in [-0.15, -0.1) is 0 Å². The zero-order valence-corrected chi connectivity index (χ0v) is 53.5. The molecule has 4 heterocycles. The second kappa shape index (κ2) is 20.3. The van der Waals surface area contributed by atoms with Crippen LogP contribution in [0.1, 0.15) is 25.0 Å². The number of hydrogen-bond donors (Lipinski definition) is 0. The first kappa shape index (κ1) is 54.0. The van der Waals surface area contributed by atoms with Crippen molar-refractivity contribution in [3.63, 3.8) is 0 Å². The Kier molecular flexibility index (Phi) is 11.3. The minimum Gasteiger partial charge on any atom is -0.309 e. The van der Waals surface area contributed by atoms with Gasteiger partial charge in [-0.05, 0) is 149 Å². The number of para-hydroxylation sites is 4. The van der Waals surface area contributed by atoms with Gasteiger partial charge in [0.25, 0.3) is 0 Å². The van der Waals surface area contributed by atoms with Crippen molar-refractivity contribution in [1.82, 2.24) is 18.3 Å². The summed E-state index contributed by atoms with van der Waals surface area (Å²) < 4.78 is 10.1. The molecule has 452 valence electrons. The van der Waals surface area contributed by atoms with E-state index in [2.05, 4.69) is 360 Å². The summed E-state index contributed by atoms with van der Waals surface area (Å²) in [4.78, 5) is 0. The van der Waals surface area contributed by atoms with Crippen LogP contribution in [-0.4, -0.2) is 18.3 Å². The number of rotatable bonds is 4. The monoisotopic (exact) mass is 1230 g/mol. The molecule has 0 atom stereocenters. The largest absolute Gasteiger partial charge is 0.309 e. The van der Waals surface area contributed by atoms with Crippen molar-refractivity contribution in [2.45, 2.75) is 19.3 Å². The van der Waals surface area contributed by atoms with E-state index in [9.17, 15) is 0 Å². The molecule has 1 aliphatic rings. The van der Waals surface area contributed by atoms with E-state index in [4.69, 9.17) is 0 Å². The van der Waals surface area contributed by atoms with Crippen molar-refractivity contribution in [3.05, 3.63) is 339 Å². The summed E-state index contributed by atoms with van der Waals surface area (Å²) in [5.41, 5.74) is 20.0. The van der Waals surface area contributed by atoms with Gasteiger partial charge in [0.15, 0.2) is 0 Å². The third-order valence-electron chi connectivity index (χ3n) is 21.7. The van der Waals surface area contributed by atoms with Crippen LogP contribution in [-0.2, 0) is 5.41 Å². The van der Waals surface area contributed by atoms with E-state index in [1.807, 2.05) is 0 Å². The number of aromatic nitrogens is 4. The van der Waals surface area contributed by atoms with Crippen LogP contribution in [0.25, 0.3) is 186 Å². The quantitative estimate of drug-likeness (QED) is 0.157. The highest BCUT2D eigenvalue weighted by Crippen LogP contribution is 2.53. The Labute approximate surface area is 558 Å². The molecule has 4 heteroatoms. The van der Waals surface area contributed by atoms with Crippen LogP contribution < -0.4 is 0 Å². The fourth-order valence-electron chi connectivity index (χ4n) is 17.6. The van der Waals surface area contributed by atoms with E-state index in [-0.39, 0.29) is 5.41 Å². The van der Waals surface area contributed by atoms with E-state index in [0.29, 0.717) is 0 Å². The van der Waals surface area contributed by atoms with Gasteiger partial charge in [0.05, 0.1) is 44.1 Å². The first-order valence-corrected chi connectivity index (χ1v) is 33.8. The molecule has 0 N–H and O–H groups in total. The van der Waals surface area contributed by atoms with Gasteiger partial charge in [0.1, 0.15) is 0 Å². The molecule has 0 radical (unpaired) electrons. The topological polar surface area (TPSA) is 19.7 Å². The fourth-order valence-corrected chi connectivity index (χ4v) is 17.6. The van der Waals surface area contributed by atoms with Gasteiger partial charge >= 0.3 is 0 Å². The highest BCUT2D eigenvalue weighted by atomic mass is 15.0. The molecular formula is C93H60N4. The SMILES string of the molecule is CC1(C)c2ccccc2-c2ccc(-n3c4ccc5ccccc5c4c4c5ccccc5c5c(c6ccccc6n5-c5ccccc5)c43)cc21.c1ccc(-n2c3ccccc3c3c2c2ccccc2c2c4c5ccccc5ccc4n(-c4ccc5c(ccc6ccccc65)c4)c23)cc1. The molecule has 21 aromatic rings. The zero-order valence-electron chi connectivity index (χ0n) is 53.5. The number of fused-ring (bicyclic) bond motifs is 30. The van der Waals surface area contributed by atoms with Crippen molar-refractivity contribution in [2.75, 3.05) is 0 Å². The zero-order chi connectivity index (χ0) is 63.8. The molecule has 0 saturated heterocycles. The van der Waals surface area contributed by atoms with E-state index in [1.54, 1.807) is 0 Å². The van der Waals surface area contributed by atoms with Gasteiger partial charge in [-0.3, -0.25) is 0 Å². The normalized spacial score (nSPS) is 12.9. The van der Waals surface area contributed by atoms with E-state index in [1.165, 1.54) is 197 Å². The van der Waals surface area contributed by atoms with Crippen molar-refractivity contribution in [2.24, 2.45) is 0 Å². The third-order valence-corrected chi connectivity index (χ3v) is 21.7. The van der Waals surface area contributed by atoms with Crippen molar-refractivity contribution in [1.29, 1.82) is 0 Å². The Balaban J connectivity index is 0.000000128. The molecule has 0 aliphatic heterocycles. The second-order valence-corrected chi connectivity index (χ2v) is 27.0. The molecule has 17 aromatic carbocycles. The summed E-state index contributed by atoms with van der Waals surface area (Å²) in [5, 5.41) is 25.5. The molecule has 0 fully saturated rings. The van der Waals surface area contributed by atoms with Gasteiger partial charge in [-0.25, -0.2) is 0 Å². The Hall–Kier alpha value is -12.5. The second-order valence-electron chi connectivity index (χ2n) is 27.0. The van der Waals surface area contributed by atoms with E-state index < -0.39 is 0 Å². The lowest BCUT2D eigenvalue weighted by Gasteiger charge is -2.22. The minimum absolute atomic E-state index is 0.0985. The van der Waals surface area contributed by atoms with Gasteiger partial charge in [0, 0.05) is 82.0 Å². The summed E-state index contributed by atoms with van der Waals surface area (Å²) >= 11 is 0. The average molecular weight is 1230 g/mol. The standard InChI is InChI=1S/C47H32N2.C46H28N2/c1-47(2)38-22-12-10-18-33(38)34-26-25-31(28-39(34)47)49-41-27-24-29-14-6-7-17-32(29)42(41)43-35-19-8-9-20-36(35)45-44(46(43)49)37-21-11-13-23-40(37)48(45)30-15-4-3-5-16-30;1-2-14-32(15-3-1)47-40-21-11-10-20-39(40)44-45(47)38-19-9-8-18-37(38)43-42-36-17-7-5-13-30(36)24-27-41(42)48(46(43)44)33-25-26-35-31(28-33)23-22-29-12-4-6-16-34(29)35/h3-28H,1-2H3;1-28H. The molecule has 0 bridgehead atoms. The number of nitrogens with zero attached hydrogens (tertiary/aromatic N) is 4. The van der Waals surface area contributed by atoms with Crippen LogP contribution >= 0.6 is 0 Å². The van der Waals surface area contributed by atoms with Crippen LogP contribution in [0.15, 0.2) is 328 Å². The third kappa shape index (κ3) is 7.47. The number of hydrogen-bond acceptors (Lipinski definition) is 0. The lowest BCUT2D eigenvalue weighted by atomic mass is 9.82. The summed E-state index contributed by atoms with van der Waals surface area (Å²) in [6.07, 6.45) is 0. The highest BCUT2D eigenvalue weighted by molar-refractivity contribution is 6.41. The summed E-state index contributed by atoms with van der Waals surface area (Å²) in [5.74, 6) is 0. The predicted octanol–water partition coefficient (Wildman–Crippen LogP) is 25.0. The maximum atomic E-state index is 2.58. The first-order valence-electron chi connectivity index (χ1n) is 33.8. The predicted molar refractivity (Wildman–Crippen MR) is 413 cm³/mol. The molecule has 0 spiro atoms. The van der Waals surface area contributed by atoms with Gasteiger partial charge in [-0.1, -0.05) is 269 Å². The molecule has 22 rings (SSSR count). The van der Waals surface area contributed by atoms with Crippen LogP contribution in [0.5, 0.6) is 0 Å². The summed E-state index contributed by atoms with van der Waals surface area (Å²) in [6.45, 7) is 4.75. The summed E-state index contributed by atoms with van der Waals surface area (Å²) in [7, 11) is 0. The number of benzene rings is 17. The van der Waals surface area contributed by atoms with Crippen molar-refractivity contribution < 1.29 is 0 Å². The van der Waals surface area contributed by atoms with Gasteiger partial charge in [0.2, 0.25) is 0 Å². The minimum atomic E-state index is -0.0985. The first-order chi connectivity index (χ1) is 48.0. The lowest BCUT2D eigenvalue weighted by Crippen LogP contribution is -2.15. The molecule has 97 heavy (non-hydrogen) atoms. The lowest BCUT2D eigenvalue weighted by molar-refractivity contribution is 0.660. The smallest absolute Gasteiger partial charge is 0.0648 e. The Morgan fingerprint density at radius 2 is 0.567 bits per heavy atom. The average Bonchev–Trinajstić information content (AvgIpc) is 1.53. The van der Waals surface area contributed by atoms with Crippen LogP contribution in [0.3, 0.4) is 0 Å². The molecule has 0 unspecified atom stereocenters. The molecule has 1 aliphatic carbocycles. The fraction of sp³-hybridized carbons (Fsp3) is 0.0323. The van der Waals surface area contributed by atoms with Gasteiger partial charge in [-0.2, -0.15) is 0 Å². The van der Waals surface area contributed by atoms with Crippen LogP contribution in [0.4, 0.5) is 0 Å². The maximum Gasteiger partial charge on any atom is 0.0648 e. The molecule has 0 saturated carbocycles. The van der Waals surface area contributed by atoms with Crippen LogP contribution in [0.2, 0.25) is 0 Å². The van der Waals surface area contributed by atoms with Crippen molar-refractivity contribution >= 4 is 152 Å². The Bertz CT molecular complexity index is 6950. The molecule has 4 nitrogen and oxygen atoms in total. The molecule has 4 aromatic heterocycles. The van der Waals surface area contributed by atoms with E-state index >= 15 is 0 Å². The summed E-state index contributed by atoms with van der Waals surface area (Å²) in [6, 6.07) is 121. The van der Waals surface area contributed by atoms with Crippen LogP contribution in [0, 0.1) is 0 Å². The van der Waals surface area contributed by atoms with Crippen molar-refractivity contribution in [3.8, 4) is 33.9 Å². The Morgan fingerprint density at radius 3 is 1.11 bits per heavy atom.